The van der Waals surface area contributed by atoms with Crippen LogP contribution in [-0.4, -0.2) is 27.9 Å². The molecular formula is C27H34O4. The summed E-state index contributed by atoms with van der Waals surface area (Å²) in [5.41, 5.74) is 3.12. The molecule has 4 nitrogen and oxygen atoms in total. The highest BCUT2D eigenvalue weighted by molar-refractivity contribution is 5.90. The van der Waals surface area contributed by atoms with Gasteiger partial charge in [0.15, 0.2) is 0 Å². The van der Waals surface area contributed by atoms with E-state index in [4.69, 9.17) is 4.74 Å². The molecule has 0 saturated carbocycles. The minimum Gasteiger partial charge on any atom is -0.508 e. The maximum absolute atomic E-state index is 12.9. The van der Waals surface area contributed by atoms with Crippen molar-refractivity contribution >= 4 is 5.97 Å². The van der Waals surface area contributed by atoms with E-state index < -0.39 is 17.7 Å². The number of fused-ring (bicyclic) bond motifs is 3. The van der Waals surface area contributed by atoms with E-state index in [-0.39, 0.29) is 11.2 Å². The third-order valence-electron chi connectivity index (χ3n) is 6.53. The van der Waals surface area contributed by atoms with Crippen molar-refractivity contribution in [3.63, 3.8) is 0 Å². The van der Waals surface area contributed by atoms with Crippen molar-refractivity contribution in [2.75, 3.05) is 0 Å². The number of benzene rings is 1. The normalized spacial score (nSPS) is 29.6. The monoisotopic (exact) mass is 422 g/mol. The molecule has 1 aromatic carbocycles. The molecule has 2 N–H and O–H groups in total. The molecule has 3 rings (SSSR count). The van der Waals surface area contributed by atoms with Crippen LogP contribution >= 0.6 is 0 Å². The van der Waals surface area contributed by atoms with E-state index in [1.165, 1.54) is 11.1 Å². The van der Waals surface area contributed by atoms with E-state index >= 15 is 0 Å². The van der Waals surface area contributed by atoms with Crippen molar-refractivity contribution in [2.45, 2.75) is 71.5 Å². The molecule has 2 bridgehead atoms. The van der Waals surface area contributed by atoms with E-state index in [1.54, 1.807) is 25.1 Å². The highest BCUT2D eigenvalue weighted by atomic mass is 16.5. The van der Waals surface area contributed by atoms with Gasteiger partial charge in [0.1, 0.15) is 11.9 Å². The SMILES string of the molecule is C=C(C)[C@@H]1CC[C@](C)(O)C=CC[C@]2(C)C=CCC(C)=C2Cc2cc(ccc2O)C(=O)O1. The smallest absolute Gasteiger partial charge is 0.338 e. The van der Waals surface area contributed by atoms with Gasteiger partial charge in [0.05, 0.1) is 11.2 Å². The van der Waals surface area contributed by atoms with Gasteiger partial charge in [0.2, 0.25) is 0 Å². The lowest BCUT2D eigenvalue weighted by molar-refractivity contribution is 0.0277. The molecule has 0 aromatic heterocycles. The Morgan fingerprint density at radius 3 is 2.68 bits per heavy atom. The fraction of sp³-hybridized carbons (Fsp3) is 0.444. The Bertz CT molecular complexity index is 963. The summed E-state index contributed by atoms with van der Waals surface area (Å²) >= 11 is 0. The lowest BCUT2D eigenvalue weighted by Crippen LogP contribution is -2.26. The van der Waals surface area contributed by atoms with Gasteiger partial charge < -0.3 is 14.9 Å². The Balaban J connectivity index is 2.07. The summed E-state index contributed by atoms with van der Waals surface area (Å²) < 4.78 is 5.73. The predicted molar refractivity (Wildman–Crippen MR) is 124 cm³/mol. The number of esters is 1. The molecule has 1 aromatic rings. The quantitative estimate of drug-likeness (QED) is 0.443. The van der Waals surface area contributed by atoms with Gasteiger partial charge in [-0.1, -0.05) is 49.0 Å². The molecule has 166 valence electrons. The summed E-state index contributed by atoms with van der Waals surface area (Å²) in [7, 11) is 0. The molecule has 0 radical (unpaired) electrons. The summed E-state index contributed by atoms with van der Waals surface area (Å²) in [6.07, 6.45) is 10.9. The van der Waals surface area contributed by atoms with E-state index in [0.717, 1.165) is 18.4 Å². The van der Waals surface area contributed by atoms with Gasteiger partial charge in [-0.05, 0) is 82.2 Å². The van der Waals surface area contributed by atoms with Crippen LogP contribution in [0.5, 0.6) is 5.75 Å². The zero-order chi connectivity index (χ0) is 22.8. The number of hydrogen-bond acceptors (Lipinski definition) is 4. The second kappa shape index (κ2) is 8.88. The summed E-state index contributed by atoms with van der Waals surface area (Å²) in [5.74, 6) is -0.274. The Kier molecular flexibility index (Phi) is 6.61. The van der Waals surface area contributed by atoms with Gasteiger partial charge in [-0.2, -0.15) is 0 Å². The summed E-state index contributed by atoms with van der Waals surface area (Å²) in [6, 6.07) is 4.89. The van der Waals surface area contributed by atoms with Crippen LogP contribution in [0, 0.1) is 5.41 Å². The largest absolute Gasteiger partial charge is 0.508 e. The zero-order valence-corrected chi connectivity index (χ0v) is 19.1. The molecular weight excluding hydrogens is 388 g/mol. The Morgan fingerprint density at radius 2 is 1.97 bits per heavy atom. The van der Waals surface area contributed by atoms with Crippen LogP contribution in [0.1, 0.15) is 69.3 Å². The molecule has 3 atom stereocenters. The first kappa shape index (κ1) is 23.1. The Hall–Kier alpha value is -2.59. The molecule has 0 spiro atoms. The molecule has 2 aliphatic rings. The molecule has 0 amide bonds. The number of phenols is 1. The van der Waals surface area contributed by atoms with Crippen LogP contribution in [-0.2, 0) is 11.2 Å². The highest BCUT2D eigenvalue weighted by Crippen LogP contribution is 2.42. The summed E-state index contributed by atoms with van der Waals surface area (Å²) in [4.78, 5) is 12.9. The minimum atomic E-state index is -1.01. The van der Waals surface area contributed by atoms with Gasteiger partial charge in [0, 0.05) is 5.41 Å². The van der Waals surface area contributed by atoms with Crippen molar-refractivity contribution in [1.82, 2.24) is 0 Å². The van der Waals surface area contributed by atoms with Gasteiger partial charge in [-0.3, -0.25) is 0 Å². The summed E-state index contributed by atoms with van der Waals surface area (Å²) in [6.45, 7) is 11.9. The fourth-order valence-electron chi connectivity index (χ4n) is 4.46. The van der Waals surface area contributed by atoms with Gasteiger partial charge >= 0.3 is 5.97 Å². The van der Waals surface area contributed by atoms with Crippen molar-refractivity contribution in [3.8, 4) is 5.75 Å². The van der Waals surface area contributed by atoms with E-state index in [9.17, 15) is 15.0 Å². The van der Waals surface area contributed by atoms with Gasteiger partial charge in [0.25, 0.3) is 0 Å². The zero-order valence-electron chi connectivity index (χ0n) is 19.1. The average molecular weight is 423 g/mol. The molecule has 1 aliphatic heterocycles. The number of allylic oxidation sites excluding steroid dienone is 5. The predicted octanol–water partition coefficient (Wildman–Crippen LogP) is 5.81. The van der Waals surface area contributed by atoms with Crippen LogP contribution in [0.2, 0.25) is 0 Å². The van der Waals surface area contributed by atoms with Crippen LogP contribution in [0.4, 0.5) is 0 Å². The summed E-state index contributed by atoms with van der Waals surface area (Å²) in [5, 5.41) is 21.4. The van der Waals surface area contributed by atoms with Crippen molar-refractivity contribution in [1.29, 1.82) is 0 Å². The number of cyclic esters (lactones) is 1. The average Bonchev–Trinajstić information content (AvgIpc) is 2.68. The topological polar surface area (TPSA) is 66.8 Å². The van der Waals surface area contributed by atoms with Gasteiger partial charge in [-0.25, -0.2) is 4.79 Å². The lowest BCUT2D eigenvalue weighted by Gasteiger charge is -2.34. The fourth-order valence-corrected chi connectivity index (χ4v) is 4.46. The number of phenolic OH excluding ortho intramolecular Hbond substituents is 1. The standard InChI is InChI=1S/C27H34O4/c1-18(2)24-11-15-27(5,30)14-7-13-26(4)12-6-8-19(3)22(26)17-21-16-20(25(29)31-24)9-10-23(21)28/h6-7,9-10,12,14,16,24,28,30H,1,8,11,13,15,17H2,2-5H3/t24-,26-,27+/m0/s1. The molecule has 0 fully saturated rings. The first-order valence-corrected chi connectivity index (χ1v) is 11.0. The highest BCUT2D eigenvalue weighted by Gasteiger charge is 2.31. The Morgan fingerprint density at radius 1 is 1.23 bits per heavy atom. The van der Waals surface area contributed by atoms with Crippen molar-refractivity contribution < 1.29 is 19.7 Å². The molecule has 0 unspecified atom stereocenters. The number of aromatic hydroxyl groups is 1. The molecule has 1 heterocycles. The molecule has 0 saturated heterocycles. The lowest BCUT2D eigenvalue weighted by atomic mass is 9.71. The number of carbonyl (C=O) groups is 1. The number of hydrogen-bond donors (Lipinski definition) is 2. The maximum atomic E-state index is 12.9. The first-order valence-electron chi connectivity index (χ1n) is 11.0. The number of aliphatic hydroxyl groups is 1. The minimum absolute atomic E-state index is 0.174. The third-order valence-corrected chi connectivity index (χ3v) is 6.53. The molecule has 4 heteroatoms. The number of carbonyl (C=O) groups excluding carboxylic acids is 1. The van der Waals surface area contributed by atoms with Gasteiger partial charge in [-0.15, -0.1) is 0 Å². The second-order valence-electron chi connectivity index (χ2n) is 9.55. The van der Waals surface area contributed by atoms with Crippen molar-refractivity contribution in [3.05, 3.63) is 76.9 Å². The van der Waals surface area contributed by atoms with Crippen molar-refractivity contribution in [2.24, 2.45) is 5.41 Å². The third kappa shape index (κ3) is 5.37. The van der Waals surface area contributed by atoms with E-state index in [1.807, 2.05) is 19.1 Å². The van der Waals surface area contributed by atoms with E-state index in [0.29, 0.717) is 30.4 Å². The second-order valence-corrected chi connectivity index (χ2v) is 9.55. The molecule has 31 heavy (non-hydrogen) atoms. The maximum Gasteiger partial charge on any atom is 0.338 e. The number of ether oxygens (including phenoxy) is 1. The van der Waals surface area contributed by atoms with Crippen LogP contribution in [0.3, 0.4) is 0 Å². The first-order chi connectivity index (χ1) is 14.5. The van der Waals surface area contributed by atoms with Crippen LogP contribution in [0.25, 0.3) is 0 Å². The van der Waals surface area contributed by atoms with Crippen LogP contribution < -0.4 is 0 Å². The molecule has 1 aliphatic carbocycles. The number of rotatable bonds is 1. The van der Waals surface area contributed by atoms with E-state index in [2.05, 4.69) is 32.6 Å². The Labute approximate surface area is 185 Å². The van der Waals surface area contributed by atoms with Crippen LogP contribution in [0.15, 0.2) is 65.8 Å².